The fraction of sp³-hybridized carbons (Fsp3) is 0.0435. The molecule has 1 aliphatic heterocycles. The SMILES string of the molecule is O=C1C(=O)N(c2nc3ccc(F)cc3s2)C(c2ccncc2)/C1=C(\O)c1ccc(Cl)cc1. The van der Waals surface area contributed by atoms with E-state index in [2.05, 4.69) is 9.97 Å². The van der Waals surface area contributed by atoms with E-state index in [9.17, 15) is 19.1 Å². The number of halogens is 2. The minimum atomic E-state index is -0.931. The molecule has 5 rings (SSSR count). The molecule has 158 valence electrons. The fourth-order valence-electron chi connectivity index (χ4n) is 3.64. The number of carbonyl (C=O) groups is 2. The first-order valence-electron chi connectivity index (χ1n) is 9.47. The topological polar surface area (TPSA) is 83.4 Å². The number of benzene rings is 2. The summed E-state index contributed by atoms with van der Waals surface area (Å²) < 4.78 is 14.2. The maximum absolute atomic E-state index is 13.7. The number of ketones is 1. The summed E-state index contributed by atoms with van der Waals surface area (Å²) in [5.41, 5.74) is 1.34. The molecule has 0 aliphatic carbocycles. The molecule has 1 fully saturated rings. The Morgan fingerprint density at radius 3 is 2.50 bits per heavy atom. The zero-order valence-corrected chi connectivity index (χ0v) is 17.8. The molecule has 0 bridgehead atoms. The quantitative estimate of drug-likeness (QED) is 0.258. The fourth-order valence-corrected chi connectivity index (χ4v) is 4.79. The molecule has 1 N–H and O–H groups in total. The van der Waals surface area contributed by atoms with Crippen molar-refractivity contribution in [2.24, 2.45) is 0 Å². The zero-order valence-electron chi connectivity index (χ0n) is 16.2. The summed E-state index contributed by atoms with van der Waals surface area (Å²) in [6, 6.07) is 12.8. The van der Waals surface area contributed by atoms with Gasteiger partial charge >= 0.3 is 5.91 Å². The van der Waals surface area contributed by atoms with E-state index in [0.717, 1.165) is 11.3 Å². The van der Waals surface area contributed by atoms with E-state index < -0.39 is 23.5 Å². The van der Waals surface area contributed by atoms with Gasteiger partial charge in [0.2, 0.25) is 0 Å². The van der Waals surface area contributed by atoms with E-state index in [1.54, 1.807) is 36.4 Å². The van der Waals surface area contributed by atoms with Crippen LogP contribution in [0.1, 0.15) is 17.2 Å². The Balaban J connectivity index is 1.72. The van der Waals surface area contributed by atoms with Crippen LogP contribution < -0.4 is 4.90 Å². The first-order chi connectivity index (χ1) is 15.4. The molecule has 0 saturated carbocycles. The highest BCUT2D eigenvalue weighted by Crippen LogP contribution is 2.44. The number of aromatic nitrogens is 2. The summed E-state index contributed by atoms with van der Waals surface area (Å²) in [6.45, 7) is 0. The number of fused-ring (bicyclic) bond motifs is 1. The molecule has 0 spiro atoms. The summed E-state index contributed by atoms with van der Waals surface area (Å²) in [5.74, 6) is -2.42. The average molecular weight is 466 g/mol. The van der Waals surface area contributed by atoms with Crippen molar-refractivity contribution in [3.05, 3.63) is 94.5 Å². The van der Waals surface area contributed by atoms with Crippen molar-refractivity contribution in [3.63, 3.8) is 0 Å². The smallest absolute Gasteiger partial charge is 0.301 e. The molecular weight excluding hydrogens is 453 g/mol. The second-order valence-corrected chi connectivity index (χ2v) is 8.51. The van der Waals surface area contributed by atoms with Crippen LogP contribution >= 0.6 is 22.9 Å². The maximum Gasteiger partial charge on any atom is 0.301 e. The lowest BCUT2D eigenvalue weighted by atomic mass is 9.96. The van der Waals surface area contributed by atoms with Gasteiger partial charge in [-0.2, -0.15) is 0 Å². The molecule has 6 nitrogen and oxygen atoms in total. The maximum atomic E-state index is 13.7. The molecule has 3 heterocycles. The van der Waals surface area contributed by atoms with Gasteiger partial charge < -0.3 is 5.11 Å². The molecule has 1 unspecified atom stereocenters. The van der Waals surface area contributed by atoms with Crippen LogP contribution in [-0.2, 0) is 9.59 Å². The molecule has 32 heavy (non-hydrogen) atoms. The van der Waals surface area contributed by atoms with Gasteiger partial charge in [-0.05, 0) is 60.2 Å². The number of Topliss-reactive ketones (excluding diaryl/α,β-unsaturated/α-hetero) is 1. The molecule has 9 heteroatoms. The van der Waals surface area contributed by atoms with Crippen LogP contribution in [0.15, 0.2) is 72.6 Å². The van der Waals surface area contributed by atoms with Gasteiger partial charge in [0.15, 0.2) is 5.13 Å². The molecule has 1 saturated heterocycles. The van der Waals surface area contributed by atoms with Gasteiger partial charge in [-0.1, -0.05) is 22.9 Å². The lowest BCUT2D eigenvalue weighted by Crippen LogP contribution is -2.29. The minimum absolute atomic E-state index is 0.0750. The minimum Gasteiger partial charge on any atom is -0.507 e. The number of nitrogens with zero attached hydrogens (tertiary/aromatic N) is 3. The van der Waals surface area contributed by atoms with Gasteiger partial charge in [-0.25, -0.2) is 9.37 Å². The van der Waals surface area contributed by atoms with Crippen LogP contribution in [0.5, 0.6) is 0 Å². The third kappa shape index (κ3) is 3.34. The van der Waals surface area contributed by atoms with Gasteiger partial charge in [0.1, 0.15) is 11.6 Å². The van der Waals surface area contributed by atoms with Crippen molar-refractivity contribution in [1.82, 2.24) is 9.97 Å². The Morgan fingerprint density at radius 2 is 1.78 bits per heavy atom. The van der Waals surface area contributed by atoms with Gasteiger partial charge in [-0.3, -0.25) is 19.5 Å². The monoisotopic (exact) mass is 465 g/mol. The predicted molar refractivity (Wildman–Crippen MR) is 120 cm³/mol. The number of anilines is 1. The Bertz CT molecular complexity index is 1400. The number of hydrogen-bond donors (Lipinski definition) is 1. The first kappa shape index (κ1) is 20.3. The van der Waals surface area contributed by atoms with E-state index in [0.29, 0.717) is 26.4 Å². The number of hydrogen-bond acceptors (Lipinski definition) is 6. The summed E-state index contributed by atoms with van der Waals surface area (Å²) in [7, 11) is 0. The van der Waals surface area contributed by atoms with Crippen molar-refractivity contribution in [2.45, 2.75) is 6.04 Å². The van der Waals surface area contributed by atoms with Crippen LogP contribution in [0.25, 0.3) is 16.0 Å². The average Bonchev–Trinajstić information content (AvgIpc) is 3.32. The van der Waals surface area contributed by atoms with E-state index in [1.807, 2.05) is 0 Å². The zero-order chi connectivity index (χ0) is 22.4. The van der Waals surface area contributed by atoms with Crippen molar-refractivity contribution < 1.29 is 19.1 Å². The van der Waals surface area contributed by atoms with E-state index in [-0.39, 0.29) is 16.5 Å². The second-order valence-electron chi connectivity index (χ2n) is 7.07. The van der Waals surface area contributed by atoms with Crippen LogP contribution in [0.2, 0.25) is 5.02 Å². The van der Waals surface area contributed by atoms with E-state index >= 15 is 0 Å². The highest BCUT2D eigenvalue weighted by Gasteiger charge is 2.48. The molecule has 1 atom stereocenters. The van der Waals surface area contributed by atoms with Crippen LogP contribution in [-0.4, -0.2) is 26.8 Å². The Labute approximate surface area is 190 Å². The largest absolute Gasteiger partial charge is 0.507 e. The number of aliphatic hydroxyl groups excluding tert-OH is 1. The number of rotatable bonds is 3. The van der Waals surface area contributed by atoms with Crippen LogP contribution in [0.3, 0.4) is 0 Å². The Morgan fingerprint density at radius 1 is 1.06 bits per heavy atom. The van der Waals surface area contributed by atoms with Crippen molar-refractivity contribution in [2.75, 3.05) is 4.90 Å². The number of carbonyl (C=O) groups excluding carboxylic acids is 2. The van der Waals surface area contributed by atoms with Gasteiger partial charge in [0, 0.05) is 23.0 Å². The molecule has 0 radical (unpaired) electrons. The van der Waals surface area contributed by atoms with Gasteiger partial charge in [0.05, 0.1) is 21.8 Å². The highest BCUT2D eigenvalue weighted by atomic mass is 35.5. The lowest BCUT2D eigenvalue weighted by molar-refractivity contribution is -0.132. The normalized spacial score (nSPS) is 17.9. The first-order valence-corrected chi connectivity index (χ1v) is 10.7. The number of aliphatic hydroxyl groups is 1. The van der Waals surface area contributed by atoms with Crippen LogP contribution in [0.4, 0.5) is 9.52 Å². The molecule has 2 aromatic carbocycles. The number of amides is 1. The van der Waals surface area contributed by atoms with E-state index in [4.69, 9.17) is 11.6 Å². The summed E-state index contributed by atoms with van der Waals surface area (Å²) in [6.07, 6.45) is 3.07. The van der Waals surface area contributed by atoms with Crippen LogP contribution in [0, 0.1) is 5.82 Å². The standard InChI is InChI=1S/C23H13ClFN3O3S/c24-14-3-1-13(2-4-14)20(29)18-19(12-7-9-26-10-8-12)28(22(31)21(18)30)23-27-16-6-5-15(25)11-17(16)32-23/h1-11,19,29H/b20-18+. The third-order valence-electron chi connectivity index (χ3n) is 5.13. The summed E-state index contributed by atoms with van der Waals surface area (Å²) >= 11 is 7.03. The highest BCUT2D eigenvalue weighted by molar-refractivity contribution is 7.22. The number of thiazole rings is 1. The molecule has 1 aliphatic rings. The van der Waals surface area contributed by atoms with E-state index in [1.165, 1.54) is 35.5 Å². The summed E-state index contributed by atoms with van der Waals surface area (Å²) in [4.78, 5) is 35.9. The molecule has 4 aromatic rings. The Hall–Kier alpha value is -3.62. The second kappa shape index (κ2) is 7.81. The van der Waals surface area contributed by atoms with Gasteiger partial charge in [0.25, 0.3) is 5.78 Å². The van der Waals surface area contributed by atoms with Crippen molar-refractivity contribution >= 4 is 55.7 Å². The van der Waals surface area contributed by atoms with Crippen molar-refractivity contribution in [3.8, 4) is 0 Å². The number of pyridine rings is 1. The summed E-state index contributed by atoms with van der Waals surface area (Å²) in [5, 5.41) is 11.7. The third-order valence-corrected chi connectivity index (χ3v) is 6.40. The van der Waals surface area contributed by atoms with Gasteiger partial charge in [-0.15, -0.1) is 0 Å². The lowest BCUT2D eigenvalue weighted by Gasteiger charge is -2.22. The van der Waals surface area contributed by atoms with Crippen molar-refractivity contribution in [1.29, 1.82) is 0 Å². The predicted octanol–water partition coefficient (Wildman–Crippen LogP) is 5.11. The Kier molecular flexibility index (Phi) is 4.96. The molecular formula is C23H13ClFN3O3S. The molecule has 2 aromatic heterocycles. The molecule has 1 amide bonds.